The van der Waals surface area contributed by atoms with Crippen LogP contribution in [-0.4, -0.2) is 84.5 Å². The number of aromatic amines is 2. The molecule has 15 rings (SSSR count). The summed E-state index contributed by atoms with van der Waals surface area (Å²) in [4.78, 5) is 47.7. The molecule has 0 amide bonds. The van der Waals surface area contributed by atoms with Gasteiger partial charge in [0.25, 0.3) is 0 Å². The minimum Gasteiger partial charge on any atom is -0.492 e. The molecule has 0 atom stereocenters. The fourth-order valence-corrected chi connectivity index (χ4v) is 13.9. The Kier molecular flexibility index (Phi) is 17.2. The quantitative estimate of drug-likeness (QED) is 0.0432. The highest BCUT2D eigenvalue weighted by atomic mass is 16.5. The van der Waals surface area contributed by atoms with E-state index in [9.17, 15) is 0 Å². The van der Waals surface area contributed by atoms with Gasteiger partial charge in [-0.15, -0.1) is 0 Å². The normalized spacial score (nSPS) is 12.1. The van der Waals surface area contributed by atoms with Crippen molar-refractivity contribution in [3.8, 4) is 80.0 Å². The third-order valence-corrected chi connectivity index (χ3v) is 18.9. The maximum Gasteiger partial charge on any atom is 0.168 e. The molecule has 6 heterocycles. The first-order valence-corrected chi connectivity index (χ1v) is 34.9. The SMILES string of the molecule is CCCCOc1c2c(c(OCCCC)c3ccccc13)-c1nc-2nc2[nH]c(nc3nc(nc4[nH]c(n1)c1c(C)c5cccnc5c(OCCCC)c41)-c1c-3c(OCCCC)c3cc4ccccc4cc3c1OCCCC)c1c(OCCCC)c3cc4ccccc4cc3c(C)c21. The molecule has 4 aromatic heterocycles. The fraction of sp³-hybridized carbons (Fsp3) is 0.321. The fourth-order valence-electron chi connectivity index (χ4n) is 13.9. The number of nitrogens with one attached hydrogen (secondary N) is 2. The molecule has 15 heteroatoms. The van der Waals surface area contributed by atoms with E-state index >= 15 is 0 Å². The van der Waals surface area contributed by atoms with Crippen molar-refractivity contribution in [2.24, 2.45) is 0 Å². The molecule has 9 aromatic carbocycles. The molecule has 0 fully saturated rings. The molecule has 486 valence electrons. The van der Waals surface area contributed by atoms with Gasteiger partial charge in [-0.3, -0.25) is 4.98 Å². The zero-order chi connectivity index (χ0) is 65.6. The van der Waals surface area contributed by atoms with Crippen molar-refractivity contribution < 1.29 is 28.4 Å². The van der Waals surface area contributed by atoms with Gasteiger partial charge in [-0.25, -0.2) is 29.9 Å². The van der Waals surface area contributed by atoms with Gasteiger partial charge in [-0.2, -0.15) is 0 Å². The summed E-state index contributed by atoms with van der Waals surface area (Å²) in [6, 6.07) is 38.3. The molecule has 0 unspecified atom stereocenters. The van der Waals surface area contributed by atoms with Crippen LogP contribution in [0.1, 0.15) is 130 Å². The summed E-state index contributed by atoms with van der Waals surface area (Å²) in [6.45, 7) is 20.1. The molecule has 13 aromatic rings. The maximum absolute atomic E-state index is 7.26. The predicted octanol–water partition coefficient (Wildman–Crippen LogP) is 20.9. The molecule has 0 saturated carbocycles. The minimum absolute atomic E-state index is 0.366. The summed E-state index contributed by atoms with van der Waals surface area (Å²) >= 11 is 0. The average Bonchev–Trinajstić information content (AvgIpc) is 1.47. The number of unbranched alkanes of at least 4 members (excludes halogenated alkanes) is 6. The summed E-state index contributed by atoms with van der Waals surface area (Å²) in [6.07, 6.45) is 12.3. The van der Waals surface area contributed by atoms with E-state index in [1.54, 1.807) is 0 Å². The highest BCUT2D eigenvalue weighted by Crippen LogP contribution is 2.56. The number of aryl methyl sites for hydroxylation is 2. The molecule has 0 radical (unpaired) electrons. The molecule has 96 heavy (non-hydrogen) atoms. The topological polar surface area (TPSA) is 177 Å². The van der Waals surface area contributed by atoms with Crippen LogP contribution in [0.3, 0.4) is 0 Å². The number of hydrogen-bond acceptors (Lipinski definition) is 13. The number of nitrogens with zero attached hydrogens (tertiary/aromatic N) is 7. The van der Waals surface area contributed by atoms with Gasteiger partial charge in [-0.05, 0) is 121 Å². The van der Waals surface area contributed by atoms with E-state index in [1.165, 1.54) is 0 Å². The van der Waals surface area contributed by atoms with Crippen LogP contribution in [0.4, 0.5) is 0 Å². The number of hydrogen-bond donors (Lipinski definition) is 2. The van der Waals surface area contributed by atoms with E-state index in [4.69, 9.17) is 63.3 Å². The van der Waals surface area contributed by atoms with Crippen molar-refractivity contribution in [1.82, 2.24) is 44.9 Å². The van der Waals surface area contributed by atoms with Crippen molar-refractivity contribution in [3.63, 3.8) is 0 Å². The van der Waals surface area contributed by atoms with Gasteiger partial charge in [-0.1, -0.05) is 159 Å². The van der Waals surface area contributed by atoms with E-state index in [0.29, 0.717) is 153 Å². The molecule has 8 bridgehead atoms. The van der Waals surface area contributed by atoms with Gasteiger partial charge >= 0.3 is 0 Å². The van der Waals surface area contributed by atoms with Crippen LogP contribution in [0.5, 0.6) is 34.5 Å². The first-order valence-electron chi connectivity index (χ1n) is 34.9. The van der Waals surface area contributed by atoms with Gasteiger partial charge in [0, 0.05) is 49.3 Å². The van der Waals surface area contributed by atoms with Crippen molar-refractivity contribution in [2.75, 3.05) is 39.6 Å². The number of fused-ring (bicyclic) bond motifs is 26. The van der Waals surface area contributed by atoms with E-state index in [-0.39, 0.29) is 0 Å². The lowest BCUT2D eigenvalue weighted by Gasteiger charge is -2.19. The number of pyridine rings is 1. The van der Waals surface area contributed by atoms with Gasteiger partial charge in [0.15, 0.2) is 29.0 Å². The van der Waals surface area contributed by atoms with Gasteiger partial charge in [0.2, 0.25) is 0 Å². The van der Waals surface area contributed by atoms with Crippen molar-refractivity contribution in [3.05, 3.63) is 127 Å². The predicted molar refractivity (Wildman–Crippen MR) is 391 cm³/mol. The Morgan fingerprint density at radius 1 is 0.302 bits per heavy atom. The number of rotatable bonds is 24. The molecular weight excluding hydrogens is 1190 g/mol. The highest BCUT2D eigenvalue weighted by molar-refractivity contribution is 6.22. The van der Waals surface area contributed by atoms with Crippen molar-refractivity contribution in [1.29, 1.82) is 0 Å². The molecule has 0 spiro atoms. The molecule has 0 saturated heterocycles. The number of ether oxygens (including phenoxy) is 6. The Hall–Kier alpha value is -10.2. The zero-order valence-electron chi connectivity index (χ0n) is 56.3. The largest absolute Gasteiger partial charge is 0.492 e. The first kappa shape index (κ1) is 62.0. The Labute approximate surface area is 558 Å². The lowest BCUT2D eigenvalue weighted by molar-refractivity contribution is 0.308. The third-order valence-electron chi connectivity index (χ3n) is 18.9. The molecule has 0 aliphatic carbocycles. The zero-order valence-corrected chi connectivity index (χ0v) is 56.3. The second kappa shape index (κ2) is 26.6. The molecule has 2 aliphatic rings. The molecule has 2 aliphatic heterocycles. The Bertz CT molecular complexity index is 5410. The second-order valence-electron chi connectivity index (χ2n) is 25.5. The second-order valence-corrected chi connectivity index (χ2v) is 25.5. The number of benzene rings is 9. The van der Waals surface area contributed by atoms with Crippen molar-refractivity contribution >= 4 is 109 Å². The molecule has 15 nitrogen and oxygen atoms in total. The van der Waals surface area contributed by atoms with Gasteiger partial charge < -0.3 is 38.4 Å². The van der Waals surface area contributed by atoms with Crippen LogP contribution in [0, 0.1) is 13.8 Å². The van der Waals surface area contributed by atoms with Crippen LogP contribution in [0.15, 0.2) is 115 Å². The first-order chi connectivity index (χ1) is 47.2. The van der Waals surface area contributed by atoms with Crippen LogP contribution in [0.2, 0.25) is 0 Å². The van der Waals surface area contributed by atoms with Crippen LogP contribution in [0.25, 0.3) is 154 Å². The van der Waals surface area contributed by atoms with Gasteiger partial charge in [0.05, 0.1) is 72.7 Å². The van der Waals surface area contributed by atoms with E-state index < -0.39 is 0 Å². The molecule has 2 N–H and O–H groups in total. The Morgan fingerprint density at radius 2 is 0.604 bits per heavy atom. The third kappa shape index (κ3) is 10.7. The lowest BCUT2D eigenvalue weighted by Crippen LogP contribution is -2.04. The summed E-state index contributed by atoms with van der Waals surface area (Å²) in [5, 5.41) is 13.8. The summed E-state index contributed by atoms with van der Waals surface area (Å²) < 4.78 is 43.1. The average molecular weight is 1280 g/mol. The Morgan fingerprint density at radius 3 is 1.00 bits per heavy atom. The summed E-state index contributed by atoms with van der Waals surface area (Å²) in [5.74, 6) is 5.38. The van der Waals surface area contributed by atoms with Crippen molar-refractivity contribution in [2.45, 2.75) is 132 Å². The molecular formula is C81H81N9O6. The van der Waals surface area contributed by atoms with Crippen LogP contribution >= 0.6 is 0 Å². The number of aromatic nitrogens is 9. The summed E-state index contributed by atoms with van der Waals surface area (Å²) in [5.41, 5.74) is 7.27. The van der Waals surface area contributed by atoms with Gasteiger partial charge in [0.1, 0.15) is 56.9 Å². The standard InChI is InChI=1S/C81H81N9O6/c1-9-15-36-91-68-53-32-25-26-33-54(53)69(92-37-16-10-2)64-63(68)78-85-74-59-46(7)52-34-27-35-82-67(52)73(96-41-20-14-6)62(59)77(84-74)88-81-66-65(71(94-39-18-12-4)57-44-50-30-23-24-31-51(50)45-58(57)72(66)95-40-19-13-5)80(90-81)87-76-61-60(75(83-76)86-79(64)89-78)47(8)55-42-48-28-21-22-29-49(48)43-56(55)70(61)93-38-17-11-3/h21-35,42-45H,9-20,36-41H2,1-8H3,(H2,83,84,85,86,87,88,89,90). The smallest absolute Gasteiger partial charge is 0.168 e. The van der Waals surface area contributed by atoms with Crippen LogP contribution < -0.4 is 28.4 Å². The Balaban J connectivity index is 1.20. The monoisotopic (exact) mass is 1280 g/mol. The van der Waals surface area contributed by atoms with E-state index in [0.717, 1.165) is 164 Å². The van der Waals surface area contributed by atoms with Crippen LogP contribution in [-0.2, 0) is 0 Å². The lowest BCUT2D eigenvalue weighted by atomic mass is 9.95. The number of H-pyrrole nitrogens is 2. The van der Waals surface area contributed by atoms with E-state index in [1.807, 2.05) is 12.3 Å². The summed E-state index contributed by atoms with van der Waals surface area (Å²) in [7, 11) is 0. The minimum atomic E-state index is 0.366. The highest BCUT2D eigenvalue weighted by Gasteiger charge is 2.36. The van der Waals surface area contributed by atoms with E-state index in [2.05, 4.69) is 168 Å². The maximum atomic E-state index is 7.26.